The summed E-state index contributed by atoms with van der Waals surface area (Å²) in [5.74, 6) is -12.8. The number of amides is 1. The number of ether oxygens (including phenoxy) is 2. The van der Waals surface area contributed by atoms with Crippen molar-refractivity contribution in [1.29, 1.82) is 0 Å². The van der Waals surface area contributed by atoms with Crippen LogP contribution < -0.4 is 5.32 Å². The molecule has 0 spiro atoms. The lowest BCUT2D eigenvalue weighted by atomic mass is 9.89. The fourth-order valence-corrected chi connectivity index (χ4v) is 5.48. The lowest BCUT2D eigenvalue weighted by Gasteiger charge is -2.43. The van der Waals surface area contributed by atoms with Crippen molar-refractivity contribution in [1.82, 2.24) is 4.90 Å². The van der Waals surface area contributed by atoms with E-state index in [-0.39, 0.29) is 36.5 Å². The molecule has 0 aromatic heterocycles. The van der Waals surface area contributed by atoms with Crippen LogP contribution in [0.3, 0.4) is 0 Å². The first-order valence-electron chi connectivity index (χ1n) is 14.7. The number of nitrogens with one attached hydrogen (secondary N) is 1. The van der Waals surface area contributed by atoms with E-state index in [9.17, 15) is 31.9 Å². The molecule has 0 aliphatic carbocycles. The third-order valence-electron chi connectivity index (χ3n) is 8.41. The first-order valence-corrected chi connectivity index (χ1v) is 14.7. The lowest BCUT2D eigenvalue weighted by Crippen LogP contribution is -2.44. The zero-order valence-electron chi connectivity index (χ0n) is 25.3. The van der Waals surface area contributed by atoms with Gasteiger partial charge in [0.05, 0.1) is 18.8 Å². The minimum absolute atomic E-state index is 0.0472. The largest absolute Gasteiger partial charge is 0.392 e. The number of aliphatic hydroxyl groups is 1. The molecule has 4 aromatic carbocycles. The second kappa shape index (κ2) is 14.1. The van der Waals surface area contributed by atoms with E-state index in [1.165, 1.54) is 12.1 Å². The fraction of sp³-hybridized carbons (Fsp3) is 0.286. The predicted octanol–water partition coefficient (Wildman–Crippen LogP) is 7.61. The Morgan fingerprint density at radius 2 is 1.39 bits per heavy atom. The van der Waals surface area contributed by atoms with Crippen LogP contribution in [-0.4, -0.2) is 35.6 Å². The van der Waals surface area contributed by atoms with Crippen molar-refractivity contribution in [3.05, 3.63) is 136 Å². The number of hydrogen-bond donors (Lipinski definition) is 2. The Balaban J connectivity index is 1.38. The molecular formula is C35H33F5N2O4. The van der Waals surface area contributed by atoms with Gasteiger partial charge in [0.25, 0.3) is 5.91 Å². The van der Waals surface area contributed by atoms with Crippen LogP contribution in [0.1, 0.15) is 64.9 Å². The highest BCUT2D eigenvalue weighted by Gasteiger charge is 2.39. The maximum absolute atomic E-state index is 14.2. The van der Waals surface area contributed by atoms with E-state index in [1.54, 1.807) is 12.1 Å². The first-order chi connectivity index (χ1) is 22.0. The van der Waals surface area contributed by atoms with Gasteiger partial charge in [-0.05, 0) is 42.8 Å². The molecular weight excluding hydrogens is 607 g/mol. The van der Waals surface area contributed by atoms with Crippen LogP contribution in [0, 0.1) is 35.0 Å². The van der Waals surface area contributed by atoms with Gasteiger partial charge in [-0.15, -0.1) is 0 Å². The van der Waals surface area contributed by atoms with Crippen molar-refractivity contribution in [3.63, 3.8) is 0 Å². The summed E-state index contributed by atoms with van der Waals surface area (Å²) in [4.78, 5) is 14.7. The number of nitrogens with zero attached hydrogens (tertiary/aromatic N) is 1. The summed E-state index contributed by atoms with van der Waals surface area (Å²) in [6.45, 7) is 4.63. The Morgan fingerprint density at radius 3 is 1.98 bits per heavy atom. The molecule has 1 saturated heterocycles. The van der Waals surface area contributed by atoms with Crippen LogP contribution in [0.2, 0.25) is 0 Å². The van der Waals surface area contributed by atoms with Crippen molar-refractivity contribution in [2.45, 2.75) is 45.0 Å². The molecule has 2 N–H and O–H groups in total. The summed E-state index contributed by atoms with van der Waals surface area (Å²) < 4.78 is 82.0. The zero-order valence-corrected chi connectivity index (χ0v) is 25.3. The number of carbonyl (C=O) groups is 1. The molecule has 0 radical (unpaired) electrons. The topological polar surface area (TPSA) is 71.0 Å². The zero-order chi connectivity index (χ0) is 33.1. The quantitative estimate of drug-likeness (QED) is 0.112. The van der Waals surface area contributed by atoms with Gasteiger partial charge in [0, 0.05) is 29.8 Å². The van der Waals surface area contributed by atoms with Gasteiger partial charge in [-0.3, -0.25) is 9.69 Å². The molecule has 1 aliphatic rings. The van der Waals surface area contributed by atoms with Crippen molar-refractivity contribution < 1.29 is 41.3 Å². The number of hydrogen-bond acceptors (Lipinski definition) is 5. The highest BCUT2D eigenvalue weighted by Crippen LogP contribution is 2.42. The van der Waals surface area contributed by atoms with E-state index in [2.05, 4.69) is 29.3 Å². The van der Waals surface area contributed by atoms with E-state index in [0.717, 1.165) is 16.7 Å². The highest BCUT2D eigenvalue weighted by molar-refractivity contribution is 6.04. The summed E-state index contributed by atoms with van der Waals surface area (Å²) in [6.07, 6.45) is -1.51. The number of carbonyl (C=O) groups excluding carboxylic acids is 1. The first kappa shape index (κ1) is 33.2. The van der Waals surface area contributed by atoms with Gasteiger partial charge in [0.1, 0.15) is 5.56 Å². The van der Waals surface area contributed by atoms with Crippen molar-refractivity contribution in [3.8, 4) is 0 Å². The van der Waals surface area contributed by atoms with E-state index in [4.69, 9.17) is 9.47 Å². The van der Waals surface area contributed by atoms with Gasteiger partial charge < -0.3 is 19.9 Å². The van der Waals surface area contributed by atoms with Gasteiger partial charge in [-0.1, -0.05) is 73.7 Å². The van der Waals surface area contributed by atoms with E-state index in [1.807, 2.05) is 56.4 Å². The number of likely N-dealkylation sites (N-methyl/N-ethyl adjacent to an activating group) is 1. The van der Waals surface area contributed by atoms with Gasteiger partial charge in [0.2, 0.25) is 5.82 Å². The van der Waals surface area contributed by atoms with Crippen LogP contribution in [0.4, 0.5) is 27.6 Å². The second-order valence-corrected chi connectivity index (χ2v) is 11.4. The molecule has 0 bridgehead atoms. The van der Waals surface area contributed by atoms with Crippen molar-refractivity contribution in [2.24, 2.45) is 5.92 Å². The average Bonchev–Trinajstić information content (AvgIpc) is 3.08. The monoisotopic (exact) mass is 640 g/mol. The number of benzene rings is 4. The summed E-state index contributed by atoms with van der Waals surface area (Å²) in [5.41, 5.74) is 1.85. The maximum Gasteiger partial charge on any atom is 0.261 e. The normalized spacial score (nSPS) is 20.5. The number of aliphatic hydroxyl groups excluding tert-OH is 1. The minimum atomic E-state index is -2.35. The van der Waals surface area contributed by atoms with Gasteiger partial charge in [-0.2, -0.15) is 0 Å². The molecule has 4 aromatic rings. The smallest absolute Gasteiger partial charge is 0.261 e. The van der Waals surface area contributed by atoms with E-state index in [0.29, 0.717) is 12.1 Å². The Morgan fingerprint density at radius 1 is 0.826 bits per heavy atom. The summed E-state index contributed by atoms with van der Waals surface area (Å²) in [7, 11) is 2.02. The summed E-state index contributed by atoms with van der Waals surface area (Å²) in [5, 5.41) is 11.7. The standard InChI is InChI=1S/C35H33F5N2O4/c1-19-26(17-42(3)20(2)22-7-5-4-6-8-22)45-35(46-33(19)23-11-9-21(18-43)10-12-23)24-13-15-25(16-14-24)41-34(44)27-28(36)30(38)32(40)31(39)29(27)37/h4-16,19-20,26,33,35,43H,17-18H2,1-3H3,(H,41,44). The molecule has 1 amide bonds. The van der Waals surface area contributed by atoms with Crippen LogP contribution in [0.5, 0.6) is 0 Å². The Bertz CT molecular complexity index is 1640. The van der Waals surface area contributed by atoms with Crippen molar-refractivity contribution >= 4 is 11.6 Å². The predicted molar refractivity (Wildman–Crippen MR) is 161 cm³/mol. The highest BCUT2D eigenvalue weighted by atomic mass is 19.2. The fourth-order valence-electron chi connectivity index (χ4n) is 5.48. The molecule has 242 valence electrons. The molecule has 6 nitrogen and oxygen atoms in total. The molecule has 5 atom stereocenters. The van der Waals surface area contributed by atoms with E-state index < -0.39 is 46.8 Å². The molecule has 5 unspecified atom stereocenters. The van der Waals surface area contributed by atoms with E-state index >= 15 is 0 Å². The average molecular weight is 641 g/mol. The van der Waals surface area contributed by atoms with Crippen LogP contribution in [0.25, 0.3) is 0 Å². The third-order valence-corrected chi connectivity index (χ3v) is 8.41. The molecule has 11 heteroatoms. The number of anilines is 1. The summed E-state index contributed by atoms with van der Waals surface area (Å²) in [6, 6.07) is 23.6. The Kier molecular flexibility index (Phi) is 10.2. The summed E-state index contributed by atoms with van der Waals surface area (Å²) >= 11 is 0. The molecule has 46 heavy (non-hydrogen) atoms. The molecule has 0 saturated carbocycles. The van der Waals surface area contributed by atoms with Gasteiger partial charge in [-0.25, -0.2) is 22.0 Å². The van der Waals surface area contributed by atoms with Gasteiger partial charge in [0.15, 0.2) is 29.6 Å². The molecule has 5 rings (SSSR count). The molecule has 1 heterocycles. The van der Waals surface area contributed by atoms with Crippen LogP contribution in [0.15, 0.2) is 78.9 Å². The van der Waals surface area contributed by atoms with Crippen LogP contribution in [-0.2, 0) is 16.1 Å². The van der Waals surface area contributed by atoms with Gasteiger partial charge >= 0.3 is 0 Å². The van der Waals surface area contributed by atoms with Crippen LogP contribution >= 0.6 is 0 Å². The maximum atomic E-state index is 14.2. The SMILES string of the molecule is CC1C(CN(C)C(C)c2ccccc2)OC(c2ccc(NC(=O)c3c(F)c(F)c(F)c(F)c3F)cc2)OC1c1ccc(CO)cc1. The molecule has 1 fully saturated rings. The second-order valence-electron chi connectivity index (χ2n) is 11.4. The molecule has 1 aliphatic heterocycles. The minimum Gasteiger partial charge on any atom is -0.392 e. The Hall–Kier alpha value is -4.16. The van der Waals surface area contributed by atoms with Crippen molar-refractivity contribution in [2.75, 3.05) is 18.9 Å². The third kappa shape index (κ3) is 6.82. The lowest BCUT2D eigenvalue weighted by molar-refractivity contribution is -0.276. The Labute approximate surface area is 263 Å². The number of rotatable bonds is 9. The number of halogens is 5.